The fourth-order valence-corrected chi connectivity index (χ4v) is 5.37. The minimum absolute atomic E-state index is 0.234. The van der Waals surface area contributed by atoms with Crippen molar-refractivity contribution in [3.8, 4) is 5.75 Å². The molecule has 0 bridgehead atoms. The van der Waals surface area contributed by atoms with Crippen LogP contribution in [0.25, 0.3) is 10.9 Å². The molecule has 0 spiro atoms. The van der Waals surface area contributed by atoms with Crippen molar-refractivity contribution >= 4 is 10.9 Å². The van der Waals surface area contributed by atoms with Gasteiger partial charge in [-0.25, -0.2) is 4.39 Å². The molecule has 6 heteroatoms. The van der Waals surface area contributed by atoms with Crippen molar-refractivity contribution in [2.75, 3.05) is 6.54 Å². The van der Waals surface area contributed by atoms with E-state index < -0.39 is 6.10 Å². The number of aromatic nitrogens is 1. The van der Waals surface area contributed by atoms with Crippen LogP contribution in [-0.4, -0.2) is 22.7 Å². The largest absolute Gasteiger partial charge is 0.487 e. The molecule has 192 valence electrons. The van der Waals surface area contributed by atoms with Gasteiger partial charge >= 0.3 is 0 Å². The van der Waals surface area contributed by atoms with Gasteiger partial charge in [0.2, 0.25) is 5.56 Å². The van der Waals surface area contributed by atoms with Crippen LogP contribution in [-0.2, 0) is 32.3 Å². The molecule has 0 aliphatic heterocycles. The zero-order valence-corrected chi connectivity index (χ0v) is 21.3. The van der Waals surface area contributed by atoms with E-state index in [1.165, 1.54) is 40.5 Å². The van der Waals surface area contributed by atoms with Gasteiger partial charge < -0.3 is 20.1 Å². The van der Waals surface area contributed by atoms with E-state index in [9.17, 15) is 14.3 Å². The second-order valence-electron chi connectivity index (χ2n) is 9.81. The van der Waals surface area contributed by atoms with Crippen molar-refractivity contribution in [3.63, 3.8) is 0 Å². The van der Waals surface area contributed by atoms with Crippen LogP contribution < -0.4 is 15.6 Å². The molecule has 1 atom stereocenters. The van der Waals surface area contributed by atoms with Gasteiger partial charge in [0.1, 0.15) is 18.2 Å². The zero-order valence-electron chi connectivity index (χ0n) is 21.3. The molecule has 0 radical (unpaired) electrons. The molecule has 1 aliphatic carbocycles. The lowest BCUT2D eigenvalue weighted by atomic mass is 9.97. The van der Waals surface area contributed by atoms with Crippen LogP contribution in [0.1, 0.15) is 53.3 Å². The number of aromatic amines is 1. The molecule has 0 saturated carbocycles. The van der Waals surface area contributed by atoms with Gasteiger partial charge in [-0.05, 0) is 83.3 Å². The number of aryl methyl sites for hydroxylation is 2. The van der Waals surface area contributed by atoms with E-state index in [0.29, 0.717) is 17.8 Å². The Morgan fingerprint density at radius 2 is 1.68 bits per heavy atom. The summed E-state index contributed by atoms with van der Waals surface area (Å²) in [4.78, 5) is 15.0. The number of pyridine rings is 1. The third-order valence-corrected chi connectivity index (χ3v) is 7.37. The maximum atomic E-state index is 13.2. The summed E-state index contributed by atoms with van der Waals surface area (Å²) in [5, 5.41) is 15.4. The van der Waals surface area contributed by atoms with Crippen molar-refractivity contribution in [1.29, 1.82) is 0 Å². The number of fused-ring (bicyclic) bond motifs is 2. The Bertz CT molecular complexity index is 1430. The second-order valence-corrected chi connectivity index (χ2v) is 9.81. The van der Waals surface area contributed by atoms with E-state index in [1.807, 2.05) is 6.07 Å². The SMILES string of the molecule is CCc1cc2c(cc1CC)CC(NC[C@@H](O)c1ccc(OCc3ccc(F)cc3)c3[nH]c(=O)ccc13)C2. The Labute approximate surface area is 216 Å². The fraction of sp³-hybridized carbons (Fsp3) is 0.323. The highest BCUT2D eigenvalue weighted by atomic mass is 19.1. The van der Waals surface area contributed by atoms with Crippen LogP contribution in [0, 0.1) is 5.82 Å². The number of hydrogen-bond acceptors (Lipinski definition) is 4. The number of ether oxygens (including phenoxy) is 1. The second kappa shape index (κ2) is 10.9. The highest BCUT2D eigenvalue weighted by Gasteiger charge is 2.24. The molecule has 1 aliphatic rings. The summed E-state index contributed by atoms with van der Waals surface area (Å²) in [6.07, 6.45) is 3.27. The van der Waals surface area contributed by atoms with Gasteiger partial charge in [-0.2, -0.15) is 0 Å². The molecule has 3 N–H and O–H groups in total. The lowest BCUT2D eigenvalue weighted by Gasteiger charge is -2.19. The smallest absolute Gasteiger partial charge is 0.248 e. The van der Waals surface area contributed by atoms with Crippen LogP contribution in [0.15, 0.2) is 65.5 Å². The molecule has 0 fully saturated rings. The number of nitrogens with one attached hydrogen (secondary N) is 2. The molecule has 0 unspecified atom stereocenters. The molecule has 4 aromatic rings. The quantitative estimate of drug-likeness (QED) is 0.297. The van der Waals surface area contributed by atoms with Crippen LogP contribution in [0.2, 0.25) is 0 Å². The number of H-pyrrole nitrogens is 1. The lowest BCUT2D eigenvalue weighted by Crippen LogP contribution is -2.33. The fourth-order valence-electron chi connectivity index (χ4n) is 5.37. The highest BCUT2D eigenvalue weighted by Crippen LogP contribution is 2.31. The van der Waals surface area contributed by atoms with Gasteiger partial charge in [0.15, 0.2) is 0 Å². The molecule has 3 aromatic carbocycles. The number of rotatable bonds is 9. The Kier molecular flexibility index (Phi) is 7.40. The Hall–Kier alpha value is -3.48. The van der Waals surface area contributed by atoms with E-state index in [0.717, 1.165) is 42.2 Å². The Balaban J connectivity index is 1.30. The lowest BCUT2D eigenvalue weighted by molar-refractivity contribution is 0.171. The molecule has 0 amide bonds. The van der Waals surface area contributed by atoms with Crippen molar-refractivity contribution in [1.82, 2.24) is 10.3 Å². The van der Waals surface area contributed by atoms with E-state index in [-0.39, 0.29) is 24.0 Å². The maximum absolute atomic E-state index is 13.2. The summed E-state index contributed by atoms with van der Waals surface area (Å²) < 4.78 is 19.2. The number of benzene rings is 3. The van der Waals surface area contributed by atoms with Gasteiger partial charge in [-0.1, -0.05) is 44.2 Å². The topological polar surface area (TPSA) is 74.3 Å². The van der Waals surface area contributed by atoms with Crippen LogP contribution in [0.4, 0.5) is 4.39 Å². The van der Waals surface area contributed by atoms with Crippen molar-refractivity contribution < 1.29 is 14.2 Å². The van der Waals surface area contributed by atoms with Gasteiger partial charge in [0, 0.05) is 24.0 Å². The zero-order chi connectivity index (χ0) is 25.9. The predicted molar refractivity (Wildman–Crippen MR) is 145 cm³/mol. The minimum atomic E-state index is -0.749. The average molecular weight is 501 g/mol. The number of halogens is 1. The molecule has 1 aromatic heterocycles. The summed E-state index contributed by atoms with van der Waals surface area (Å²) in [5.74, 6) is 0.203. The highest BCUT2D eigenvalue weighted by molar-refractivity contribution is 5.87. The van der Waals surface area contributed by atoms with E-state index in [1.54, 1.807) is 24.3 Å². The Morgan fingerprint density at radius 3 is 2.32 bits per heavy atom. The van der Waals surface area contributed by atoms with E-state index in [2.05, 4.69) is 36.3 Å². The van der Waals surface area contributed by atoms with Crippen LogP contribution in [0.3, 0.4) is 0 Å². The number of aliphatic hydroxyl groups is 1. The summed E-state index contributed by atoms with van der Waals surface area (Å²) in [6, 6.07) is 17.9. The van der Waals surface area contributed by atoms with Crippen molar-refractivity contribution in [2.45, 2.75) is 58.3 Å². The standard InChI is InChI=1S/C31H33FN2O3/c1-3-20-13-22-15-25(16-23(22)14-21(20)4-2)33-17-28(35)26-9-11-29(31-27(26)10-12-30(36)34-31)37-18-19-5-7-24(32)8-6-19/h5-14,25,28,33,35H,3-4,15-18H2,1-2H3,(H,34,36)/t28-/m1/s1. The summed E-state index contributed by atoms with van der Waals surface area (Å²) in [5.41, 5.74) is 7.52. The van der Waals surface area contributed by atoms with Crippen LogP contribution in [0.5, 0.6) is 5.75 Å². The minimum Gasteiger partial charge on any atom is -0.487 e. The monoisotopic (exact) mass is 500 g/mol. The summed E-state index contributed by atoms with van der Waals surface area (Å²) in [7, 11) is 0. The van der Waals surface area contributed by atoms with Gasteiger partial charge in [-0.15, -0.1) is 0 Å². The van der Waals surface area contributed by atoms with Crippen molar-refractivity contribution in [3.05, 3.63) is 110 Å². The maximum Gasteiger partial charge on any atom is 0.248 e. The molecule has 5 rings (SSSR count). The Morgan fingerprint density at radius 1 is 1.00 bits per heavy atom. The first kappa shape index (κ1) is 25.2. The first-order valence-electron chi connectivity index (χ1n) is 13.0. The van der Waals surface area contributed by atoms with E-state index >= 15 is 0 Å². The van der Waals surface area contributed by atoms with Gasteiger partial charge in [-0.3, -0.25) is 4.79 Å². The number of aliphatic hydroxyl groups excluding tert-OH is 1. The molecule has 5 nitrogen and oxygen atoms in total. The number of hydrogen-bond donors (Lipinski definition) is 3. The first-order valence-corrected chi connectivity index (χ1v) is 13.0. The van der Waals surface area contributed by atoms with Crippen molar-refractivity contribution in [2.24, 2.45) is 0 Å². The molecule has 1 heterocycles. The molecule has 37 heavy (non-hydrogen) atoms. The first-order chi connectivity index (χ1) is 17.9. The van der Waals surface area contributed by atoms with E-state index in [4.69, 9.17) is 4.74 Å². The molecular formula is C31H33FN2O3. The van der Waals surface area contributed by atoms with Crippen LogP contribution >= 0.6 is 0 Å². The third kappa shape index (κ3) is 5.45. The summed E-state index contributed by atoms with van der Waals surface area (Å²) in [6.45, 7) is 5.05. The molecule has 0 saturated heterocycles. The molecular weight excluding hydrogens is 467 g/mol. The predicted octanol–water partition coefficient (Wildman–Crippen LogP) is 5.16. The summed E-state index contributed by atoms with van der Waals surface area (Å²) >= 11 is 0. The third-order valence-electron chi connectivity index (χ3n) is 7.37. The average Bonchev–Trinajstić information content (AvgIpc) is 3.32. The normalized spacial score (nSPS) is 14.2. The van der Waals surface area contributed by atoms with Gasteiger partial charge in [0.05, 0.1) is 11.6 Å². The van der Waals surface area contributed by atoms with Gasteiger partial charge in [0.25, 0.3) is 0 Å².